The molecule has 1 saturated heterocycles. The van der Waals surface area contributed by atoms with Gasteiger partial charge in [-0.3, -0.25) is 9.69 Å². The van der Waals surface area contributed by atoms with E-state index in [1.54, 1.807) is 11.8 Å². The molecule has 2 aromatic carbocycles. The molecular formula is C23H30N2OS. The van der Waals surface area contributed by atoms with Gasteiger partial charge >= 0.3 is 0 Å². The van der Waals surface area contributed by atoms with Gasteiger partial charge in [0.25, 0.3) is 0 Å². The minimum absolute atomic E-state index is 0.0539. The maximum absolute atomic E-state index is 12.4. The van der Waals surface area contributed by atoms with E-state index >= 15 is 0 Å². The third-order valence-electron chi connectivity index (χ3n) is 5.03. The quantitative estimate of drug-likeness (QED) is 0.723. The van der Waals surface area contributed by atoms with Crippen LogP contribution in [0.15, 0.2) is 54.6 Å². The number of thioether (sulfide) groups is 1. The second kappa shape index (κ2) is 10.5. The van der Waals surface area contributed by atoms with Gasteiger partial charge in [-0.2, -0.15) is 0 Å². The van der Waals surface area contributed by atoms with Gasteiger partial charge in [-0.1, -0.05) is 61.0 Å². The minimum Gasteiger partial charge on any atom is -0.351 e. The van der Waals surface area contributed by atoms with E-state index in [9.17, 15) is 4.79 Å². The molecule has 0 aliphatic carbocycles. The molecule has 0 saturated carbocycles. The van der Waals surface area contributed by atoms with E-state index in [-0.39, 0.29) is 11.2 Å². The number of rotatable bonds is 8. The summed E-state index contributed by atoms with van der Waals surface area (Å²) in [5, 5.41) is 3.04. The number of amides is 1. The number of carbonyl (C=O) groups is 1. The summed E-state index contributed by atoms with van der Waals surface area (Å²) in [6, 6.07) is 18.9. The summed E-state index contributed by atoms with van der Waals surface area (Å²) in [7, 11) is 0. The number of piperidine rings is 1. The van der Waals surface area contributed by atoms with Crippen LogP contribution < -0.4 is 5.32 Å². The van der Waals surface area contributed by atoms with Crippen molar-refractivity contribution in [1.82, 2.24) is 10.2 Å². The zero-order valence-corrected chi connectivity index (χ0v) is 17.0. The molecule has 0 bridgehead atoms. The van der Waals surface area contributed by atoms with Gasteiger partial charge in [0.2, 0.25) is 5.91 Å². The van der Waals surface area contributed by atoms with Crippen molar-refractivity contribution in [3.05, 3.63) is 71.3 Å². The highest BCUT2D eigenvalue weighted by Gasteiger charge is 2.14. The number of likely N-dealkylation sites (tertiary alicyclic amines) is 1. The van der Waals surface area contributed by atoms with Crippen LogP contribution in [0.5, 0.6) is 0 Å². The van der Waals surface area contributed by atoms with Gasteiger partial charge in [0.15, 0.2) is 0 Å². The standard InChI is InChI=1S/C23H30N2OS/c1-19(27-18-20-9-4-2-5-10-20)23(26)24-16-21-11-8-12-22(15-21)17-25-13-6-3-7-14-25/h2,4-5,8-12,15,19H,3,6-7,13-14,16-18H2,1H3,(H,24,26)/t19-/m0/s1. The van der Waals surface area contributed by atoms with Crippen LogP contribution in [0, 0.1) is 0 Å². The number of nitrogens with zero attached hydrogens (tertiary/aromatic N) is 1. The molecule has 1 fully saturated rings. The van der Waals surface area contributed by atoms with E-state index in [1.807, 2.05) is 25.1 Å². The maximum atomic E-state index is 12.4. The molecule has 27 heavy (non-hydrogen) atoms. The van der Waals surface area contributed by atoms with Crippen molar-refractivity contribution in [1.29, 1.82) is 0 Å². The van der Waals surface area contributed by atoms with Crippen molar-refractivity contribution in [2.75, 3.05) is 13.1 Å². The highest BCUT2D eigenvalue weighted by Crippen LogP contribution is 2.18. The van der Waals surface area contributed by atoms with Crippen LogP contribution in [0.2, 0.25) is 0 Å². The molecule has 2 aromatic rings. The van der Waals surface area contributed by atoms with E-state index in [1.165, 1.54) is 49.0 Å². The highest BCUT2D eigenvalue weighted by molar-refractivity contribution is 7.99. The fourth-order valence-electron chi connectivity index (χ4n) is 3.42. The Labute approximate surface area is 167 Å². The molecule has 0 radical (unpaired) electrons. The molecule has 3 rings (SSSR count). The predicted molar refractivity (Wildman–Crippen MR) is 115 cm³/mol. The molecule has 0 unspecified atom stereocenters. The van der Waals surface area contributed by atoms with E-state index in [0.29, 0.717) is 6.54 Å². The Bertz CT molecular complexity index is 713. The molecule has 4 heteroatoms. The summed E-state index contributed by atoms with van der Waals surface area (Å²) in [5.41, 5.74) is 3.78. The van der Waals surface area contributed by atoms with Gasteiger partial charge in [-0.25, -0.2) is 0 Å². The number of benzene rings is 2. The summed E-state index contributed by atoms with van der Waals surface area (Å²) in [6.45, 7) is 6.01. The molecular weight excluding hydrogens is 352 g/mol. The Hall–Kier alpha value is -1.78. The van der Waals surface area contributed by atoms with Crippen molar-refractivity contribution >= 4 is 17.7 Å². The number of hydrogen-bond acceptors (Lipinski definition) is 3. The smallest absolute Gasteiger partial charge is 0.233 e. The van der Waals surface area contributed by atoms with Gasteiger partial charge in [0.1, 0.15) is 0 Å². The van der Waals surface area contributed by atoms with Gasteiger partial charge < -0.3 is 5.32 Å². The lowest BCUT2D eigenvalue weighted by Crippen LogP contribution is -2.31. The molecule has 1 atom stereocenters. The first-order valence-electron chi connectivity index (χ1n) is 9.94. The van der Waals surface area contributed by atoms with E-state index in [2.05, 4.69) is 46.6 Å². The first-order chi connectivity index (χ1) is 13.2. The van der Waals surface area contributed by atoms with E-state index in [0.717, 1.165) is 12.3 Å². The average Bonchev–Trinajstić information content (AvgIpc) is 2.72. The lowest BCUT2D eigenvalue weighted by atomic mass is 10.1. The summed E-state index contributed by atoms with van der Waals surface area (Å²) < 4.78 is 0. The lowest BCUT2D eigenvalue weighted by Gasteiger charge is -2.26. The minimum atomic E-state index is -0.0539. The third-order valence-corrected chi connectivity index (χ3v) is 6.24. The third kappa shape index (κ3) is 6.71. The zero-order chi connectivity index (χ0) is 18.9. The van der Waals surface area contributed by atoms with Gasteiger partial charge in [-0.15, -0.1) is 11.8 Å². The number of carbonyl (C=O) groups excluding carboxylic acids is 1. The van der Waals surface area contributed by atoms with E-state index in [4.69, 9.17) is 0 Å². The molecule has 0 aromatic heterocycles. The average molecular weight is 383 g/mol. The van der Waals surface area contributed by atoms with Crippen LogP contribution >= 0.6 is 11.8 Å². The van der Waals surface area contributed by atoms with Crippen molar-refractivity contribution in [3.8, 4) is 0 Å². The van der Waals surface area contributed by atoms with Crippen LogP contribution in [0.4, 0.5) is 0 Å². The van der Waals surface area contributed by atoms with Crippen molar-refractivity contribution in [3.63, 3.8) is 0 Å². The molecule has 1 aliphatic heterocycles. The van der Waals surface area contributed by atoms with E-state index < -0.39 is 0 Å². The predicted octanol–water partition coefficient (Wildman–Crippen LogP) is 4.61. The van der Waals surface area contributed by atoms with Crippen molar-refractivity contribution in [2.45, 2.75) is 50.3 Å². The van der Waals surface area contributed by atoms with Gasteiger partial charge in [0, 0.05) is 18.8 Å². The highest BCUT2D eigenvalue weighted by atomic mass is 32.2. The molecule has 1 N–H and O–H groups in total. The topological polar surface area (TPSA) is 32.3 Å². The Morgan fingerprint density at radius 3 is 2.48 bits per heavy atom. The fourth-order valence-corrected chi connectivity index (χ4v) is 4.29. The number of hydrogen-bond donors (Lipinski definition) is 1. The monoisotopic (exact) mass is 382 g/mol. The SMILES string of the molecule is C[C@H](SCc1ccccc1)C(=O)NCc1cccc(CN2CCCCC2)c1. The Balaban J connectivity index is 1.44. The molecule has 1 amide bonds. The summed E-state index contributed by atoms with van der Waals surface area (Å²) in [4.78, 5) is 14.9. The van der Waals surface area contributed by atoms with Gasteiger partial charge in [-0.05, 0) is 49.5 Å². The molecule has 0 spiro atoms. The van der Waals surface area contributed by atoms with Crippen LogP contribution in [-0.2, 0) is 23.6 Å². The molecule has 1 heterocycles. The van der Waals surface area contributed by atoms with Crippen LogP contribution in [0.25, 0.3) is 0 Å². The fraction of sp³-hybridized carbons (Fsp3) is 0.435. The lowest BCUT2D eigenvalue weighted by molar-refractivity contribution is -0.120. The first-order valence-corrected chi connectivity index (χ1v) is 11.0. The largest absolute Gasteiger partial charge is 0.351 e. The first kappa shape index (κ1) is 20.0. The van der Waals surface area contributed by atoms with Crippen molar-refractivity contribution in [2.24, 2.45) is 0 Å². The molecule has 144 valence electrons. The molecule has 1 aliphatic rings. The van der Waals surface area contributed by atoms with Crippen molar-refractivity contribution < 1.29 is 4.79 Å². The second-order valence-corrected chi connectivity index (χ2v) is 8.64. The summed E-state index contributed by atoms with van der Waals surface area (Å²) >= 11 is 1.68. The summed E-state index contributed by atoms with van der Waals surface area (Å²) in [5.74, 6) is 0.971. The second-order valence-electron chi connectivity index (χ2n) is 7.31. The molecule has 3 nitrogen and oxygen atoms in total. The van der Waals surface area contributed by atoms with Crippen LogP contribution in [0.1, 0.15) is 42.9 Å². The van der Waals surface area contributed by atoms with Crippen LogP contribution in [-0.4, -0.2) is 29.1 Å². The zero-order valence-electron chi connectivity index (χ0n) is 16.2. The van der Waals surface area contributed by atoms with Crippen LogP contribution in [0.3, 0.4) is 0 Å². The normalized spacial score (nSPS) is 16.0. The van der Waals surface area contributed by atoms with Gasteiger partial charge in [0.05, 0.1) is 5.25 Å². The Morgan fingerprint density at radius 2 is 1.70 bits per heavy atom. The number of nitrogens with one attached hydrogen (secondary N) is 1. The maximum Gasteiger partial charge on any atom is 0.233 e. The Morgan fingerprint density at radius 1 is 1.00 bits per heavy atom. The summed E-state index contributed by atoms with van der Waals surface area (Å²) in [6.07, 6.45) is 3.99. The Kier molecular flexibility index (Phi) is 7.79.